The molecule has 0 radical (unpaired) electrons. The number of rotatable bonds is 5. The zero-order valence-electron chi connectivity index (χ0n) is 15.0. The van der Waals surface area contributed by atoms with Gasteiger partial charge in [-0.15, -0.1) is 10.2 Å². The van der Waals surface area contributed by atoms with E-state index < -0.39 is 0 Å². The number of benzene rings is 1. The van der Waals surface area contributed by atoms with Crippen LogP contribution in [-0.4, -0.2) is 23.4 Å². The topological polar surface area (TPSA) is 57.4 Å². The van der Waals surface area contributed by atoms with Crippen molar-refractivity contribution in [2.24, 2.45) is 0 Å². The molecule has 1 aromatic carbocycles. The number of halogens is 1. The third-order valence-electron chi connectivity index (χ3n) is 5.36. The van der Waals surface area contributed by atoms with Gasteiger partial charge in [0, 0.05) is 11.6 Å². The molecule has 1 saturated heterocycles. The molecule has 140 valence electrons. The quantitative estimate of drug-likeness (QED) is 0.713. The largest absolute Gasteiger partial charge is 0.484 e. The molecule has 1 aliphatic heterocycles. The van der Waals surface area contributed by atoms with E-state index in [1.165, 1.54) is 37.7 Å². The summed E-state index contributed by atoms with van der Waals surface area (Å²) in [4.78, 5) is 0. The second kappa shape index (κ2) is 8.40. The van der Waals surface area contributed by atoms with Gasteiger partial charge in [-0.2, -0.15) is 0 Å². The Labute approximate surface area is 159 Å². The Bertz CT molecular complexity index is 722. The molecule has 2 heterocycles. The van der Waals surface area contributed by atoms with Crippen LogP contribution in [0.5, 0.6) is 5.75 Å². The van der Waals surface area contributed by atoms with E-state index in [9.17, 15) is 0 Å². The Balaban J connectivity index is 1.43. The maximum Gasteiger partial charge on any atom is 0.253 e. The number of hydrogen-bond donors (Lipinski definition) is 0. The smallest absolute Gasteiger partial charge is 0.253 e. The van der Waals surface area contributed by atoms with Crippen LogP contribution in [0.25, 0.3) is 0 Å². The van der Waals surface area contributed by atoms with Gasteiger partial charge in [-0.05, 0) is 55.4 Å². The van der Waals surface area contributed by atoms with E-state index in [1.807, 2.05) is 18.2 Å². The fourth-order valence-corrected chi connectivity index (χ4v) is 4.13. The first-order valence-electron chi connectivity index (χ1n) is 9.62. The maximum atomic E-state index is 6.23. The first kappa shape index (κ1) is 17.8. The van der Waals surface area contributed by atoms with Crippen LogP contribution < -0.4 is 4.74 Å². The lowest BCUT2D eigenvalue weighted by atomic mass is 9.84. The first-order valence-corrected chi connectivity index (χ1v) is 9.99. The van der Waals surface area contributed by atoms with Crippen molar-refractivity contribution in [1.82, 2.24) is 10.2 Å². The minimum absolute atomic E-state index is 0.207. The fourth-order valence-electron chi connectivity index (χ4n) is 3.95. The fraction of sp³-hybridized carbons (Fsp3) is 0.600. The van der Waals surface area contributed by atoms with E-state index in [0.717, 1.165) is 30.2 Å². The van der Waals surface area contributed by atoms with Gasteiger partial charge < -0.3 is 13.9 Å². The Morgan fingerprint density at radius 3 is 2.69 bits per heavy atom. The van der Waals surface area contributed by atoms with Crippen LogP contribution in [-0.2, 0) is 11.3 Å². The molecule has 2 aromatic rings. The Morgan fingerprint density at radius 1 is 1.04 bits per heavy atom. The highest BCUT2D eigenvalue weighted by atomic mass is 35.5. The van der Waals surface area contributed by atoms with Gasteiger partial charge in [0.25, 0.3) is 5.89 Å². The Kier molecular flexibility index (Phi) is 5.75. The number of ether oxygens (including phenoxy) is 2. The zero-order valence-corrected chi connectivity index (χ0v) is 15.7. The highest BCUT2D eigenvalue weighted by Gasteiger charge is 2.23. The summed E-state index contributed by atoms with van der Waals surface area (Å²) in [7, 11) is 0. The Hall–Kier alpha value is -1.59. The second-order valence-corrected chi connectivity index (χ2v) is 7.69. The monoisotopic (exact) mass is 376 g/mol. The minimum atomic E-state index is 0.207. The normalized spacial score (nSPS) is 21.7. The van der Waals surface area contributed by atoms with E-state index in [2.05, 4.69) is 10.2 Å². The summed E-state index contributed by atoms with van der Waals surface area (Å²) in [5.74, 6) is 2.78. The molecular weight excluding hydrogens is 352 g/mol. The second-order valence-electron chi connectivity index (χ2n) is 7.25. The van der Waals surface area contributed by atoms with Crippen molar-refractivity contribution < 1.29 is 13.9 Å². The molecule has 0 spiro atoms. The maximum absolute atomic E-state index is 6.23. The molecule has 1 saturated carbocycles. The van der Waals surface area contributed by atoms with Crippen LogP contribution in [0.15, 0.2) is 22.6 Å². The number of nitrogens with zero attached hydrogens (tertiary/aromatic N) is 2. The van der Waals surface area contributed by atoms with Crippen molar-refractivity contribution in [1.29, 1.82) is 0 Å². The van der Waals surface area contributed by atoms with Gasteiger partial charge >= 0.3 is 0 Å². The lowest BCUT2D eigenvalue weighted by Gasteiger charge is -2.24. The predicted molar refractivity (Wildman–Crippen MR) is 98.7 cm³/mol. The molecule has 1 atom stereocenters. The molecule has 1 aromatic heterocycles. The number of aromatic nitrogens is 2. The van der Waals surface area contributed by atoms with E-state index in [4.69, 9.17) is 25.5 Å². The first-order chi connectivity index (χ1) is 12.8. The van der Waals surface area contributed by atoms with Crippen LogP contribution in [0.1, 0.15) is 74.1 Å². The van der Waals surface area contributed by atoms with Gasteiger partial charge in [0.15, 0.2) is 6.61 Å². The molecule has 4 rings (SSSR count). The summed E-state index contributed by atoms with van der Waals surface area (Å²) in [6.07, 6.45) is 8.33. The van der Waals surface area contributed by atoms with Gasteiger partial charge in [-0.1, -0.05) is 30.9 Å². The molecule has 1 unspecified atom stereocenters. The van der Waals surface area contributed by atoms with Crippen molar-refractivity contribution >= 4 is 11.6 Å². The van der Waals surface area contributed by atoms with Gasteiger partial charge in [0.1, 0.15) is 5.75 Å². The lowest BCUT2D eigenvalue weighted by molar-refractivity contribution is 0.0717. The average molecular weight is 377 g/mol. The summed E-state index contributed by atoms with van der Waals surface area (Å²) in [6.45, 7) is 1.76. The van der Waals surface area contributed by atoms with Crippen molar-refractivity contribution in [3.05, 3.63) is 40.6 Å². The summed E-state index contributed by atoms with van der Waals surface area (Å²) in [6, 6.07) is 5.88. The van der Waals surface area contributed by atoms with Crippen molar-refractivity contribution in [3.8, 4) is 5.75 Å². The molecule has 6 heteroatoms. The Morgan fingerprint density at radius 2 is 1.88 bits per heavy atom. The molecule has 0 bridgehead atoms. The van der Waals surface area contributed by atoms with Crippen LogP contribution >= 0.6 is 11.6 Å². The van der Waals surface area contributed by atoms with Crippen molar-refractivity contribution in [2.75, 3.05) is 13.2 Å². The number of hydrogen-bond acceptors (Lipinski definition) is 5. The molecule has 2 aliphatic rings. The van der Waals surface area contributed by atoms with Crippen LogP contribution in [0, 0.1) is 0 Å². The summed E-state index contributed by atoms with van der Waals surface area (Å²) in [5.41, 5.74) is 1.21. The van der Waals surface area contributed by atoms with Crippen molar-refractivity contribution in [3.63, 3.8) is 0 Å². The van der Waals surface area contributed by atoms with E-state index in [1.54, 1.807) is 0 Å². The molecule has 26 heavy (non-hydrogen) atoms. The zero-order chi connectivity index (χ0) is 17.8. The highest BCUT2D eigenvalue weighted by Crippen LogP contribution is 2.39. The van der Waals surface area contributed by atoms with Crippen LogP contribution in [0.4, 0.5) is 0 Å². The van der Waals surface area contributed by atoms with Gasteiger partial charge in [0.2, 0.25) is 5.89 Å². The van der Waals surface area contributed by atoms with Gasteiger partial charge in [0.05, 0.1) is 12.5 Å². The van der Waals surface area contributed by atoms with E-state index >= 15 is 0 Å². The van der Waals surface area contributed by atoms with E-state index in [0.29, 0.717) is 24.3 Å². The SMILES string of the molecule is Clc1ccc(OCc2nnc(C3CCCOC3)o2)c(C2CCCCC2)c1. The third-order valence-corrected chi connectivity index (χ3v) is 5.60. The van der Waals surface area contributed by atoms with Gasteiger partial charge in [-0.3, -0.25) is 0 Å². The van der Waals surface area contributed by atoms with Crippen molar-refractivity contribution in [2.45, 2.75) is 63.4 Å². The molecule has 0 amide bonds. The van der Waals surface area contributed by atoms with Gasteiger partial charge in [-0.25, -0.2) is 0 Å². The van der Waals surface area contributed by atoms with Crippen LogP contribution in [0.3, 0.4) is 0 Å². The third kappa shape index (κ3) is 4.21. The lowest BCUT2D eigenvalue weighted by Crippen LogP contribution is -2.15. The summed E-state index contributed by atoms with van der Waals surface area (Å²) < 4.78 is 17.3. The summed E-state index contributed by atoms with van der Waals surface area (Å²) >= 11 is 6.23. The van der Waals surface area contributed by atoms with Crippen LogP contribution in [0.2, 0.25) is 5.02 Å². The molecule has 1 aliphatic carbocycles. The predicted octanol–water partition coefficient (Wildman–Crippen LogP) is 5.24. The molecular formula is C20H25ClN2O3. The highest BCUT2D eigenvalue weighted by molar-refractivity contribution is 6.30. The van der Waals surface area contributed by atoms with E-state index in [-0.39, 0.29) is 12.5 Å². The summed E-state index contributed by atoms with van der Waals surface area (Å²) in [5, 5.41) is 9.08. The molecule has 5 nitrogen and oxygen atoms in total. The molecule has 0 N–H and O–H groups in total. The standard InChI is InChI=1S/C20H25ClN2O3/c21-16-8-9-18(17(11-16)14-5-2-1-3-6-14)25-13-19-22-23-20(26-19)15-7-4-10-24-12-15/h8-9,11,14-15H,1-7,10,12-13H2. The minimum Gasteiger partial charge on any atom is -0.484 e. The average Bonchev–Trinajstić information content (AvgIpc) is 3.17. The molecule has 2 fully saturated rings.